The van der Waals surface area contributed by atoms with Crippen molar-refractivity contribution in [2.45, 2.75) is 13.3 Å². The molecule has 25 heavy (non-hydrogen) atoms. The number of ether oxygens (including phenoxy) is 3. The Morgan fingerprint density at radius 2 is 1.88 bits per heavy atom. The predicted octanol–water partition coefficient (Wildman–Crippen LogP) is 3.98. The number of benzene rings is 2. The van der Waals surface area contributed by atoms with Crippen LogP contribution in [-0.4, -0.2) is 18.7 Å². The topological polar surface area (TPSA) is 57.1 Å². The number of halogens is 1. The van der Waals surface area contributed by atoms with Crippen LogP contribution in [0.1, 0.15) is 23.6 Å². The number of fused-ring (bicyclic) bond motifs is 1. The van der Waals surface area contributed by atoms with Gasteiger partial charge in [-0.05, 0) is 41.8 Å². The summed E-state index contributed by atoms with van der Waals surface area (Å²) in [6.45, 7) is 2.24. The van der Waals surface area contributed by atoms with Crippen LogP contribution in [0.3, 0.4) is 0 Å². The molecular weight excluding hydrogens is 342 g/mol. The quantitative estimate of drug-likeness (QED) is 0.617. The molecule has 0 bridgehead atoms. The first kappa shape index (κ1) is 15.7. The number of cyclic esters (lactones) is 1. The molecule has 126 valence electrons. The molecule has 0 atom stereocenters. The molecule has 2 aliphatic heterocycles. The van der Waals surface area contributed by atoms with Gasteiger partial charge in [-0.1, -0.05) is 30.7 Å². The Labute approximate surface area is 149 Å². The summed E-state index contributed by atoms with van der Waals surface area (Å²) < 4.78 is 15.9. The molecule has 5 nitrogen and oxygen atoms in total. The first-order valence-corrected chi connectivity index (χ1v) is 8.23. The lowest BCUT2D eigenvalue weighted by atomic mass is 10.1. The summed E-state index contributed by atoms with van der Waals surface area (Å²) in [5.74, 6) is 0.947. The van der Waals surface area contributed by atoms with E-state index in [0.29, 0.717) is 22.1 Å². The van der Waals surface area contributed by atoms with Gasteiger partial charge in [0.25, 0.3) is 0 Å². The number of nitrogens with zero attached hydrogens (tertiary/aromatic N) is 1. The molecule has 4 rings (SSSR count). The van der Waals surface area contributed by atoms with Crippen molar-refractivity contribution in [3.05, 3.63) is 63.8 Å². The number of carbonyl (C=O) groups is 1. The molecule has 0 radical (unpaired) electrons. The van der Waals surface area contributed by atoms with Crippen molar-refractivity contribution in [1.29, 1.82) is 0 Å². The summed E-state index contributed by atoms with van der Waals surface area (Å²) in [5.41, 5.74) is 2.77. The predicted molar refractivity (Wildman–Crippen MR) is 94.0 cm³/mol. The van der Waals surface area contributed by atoms with E-state index >= 15 is 0 Å². The maximum absolute atomic E-state index is 12.1. The molecule has 0 saturated heterocycles. The van der Waals surface area contributed by atoms with Crippen molar-refractivity contribution in [3.8, 4) is 11.5 Å². The normalized spacial score (nSPS) is 17.0. The standard InChI is InChI=1S/C19H14ClNO4/c1-2-11-3-5-12(6-4-11)18-21-15(19(22)25-18)7-13-8-16-17(9-14(13)20)24-10-23-16/h3-9H,2,10H2,1H3. The van der Waals surface area contributed by atoms with Crippen molar-refractivity contribution < 1.29 is 19.0 Å². The van der Waals surface area contributed by atoms with E-state index in [1.807, 2.05) is 24.3 Å². The molecule has 0 aliphatic carbocycles. The van der Waals surface area contributed by atoms with Gasteiger partial charge in [-0.2, -0.15) is 0 Å². The first-order valence-electron chi connectivity index (χ1n) is 7.85. The number of carbonyl (C=O) groups excluding carboxylic acids is 1. The van der Waals surface area contributed by atoms with Gasteiger partial charge in [0, 0.05) is 11.6 Å². The van der Waals surface area contributed by atoms with Crippen LogP contribution in [0.25, 0.3) is 6.08 Å². The van der Waals surface area contributed by atoms with Gasteiger partial charge in [0.05, 0.1) is 5.02 Å². The van der Waals surface area contributed by atoms with Crippen LogP contribution >= 0.6 is 11.6 Å². The molecule has 0 amide bonds. The van der Waals surface area contributed by atoms with Crippen LogP contribution in [0.4, 0.5) is 0 Å². The second-order valence-corrected chi connectivity index (χ2v) is 6.02. The maximum Gasteiger partial charge on any atom is 0.363 e. The van der Waals surface area contributed by atoms with Gasteiger partial charge >= 0.3 is 5.97 Å². The van der Waals surface area contributed by atoms with Crippen molar-refractivity contribution in [2.75, 3.05) is 6.79 Å². The third kappa shape index (κ3) is 2.98. The van der Waals surface area contributed by atoms with Crippen molar-refractivity contribution in [2.24, 2.45) is 4.99 Å². The van der Waals surface area contributed by atoms with Gasteiger partial charge in [0.1, 0.15) is 0 Å². The molecular formula is C19H14ClNO4. The lowest BCUT2D eigenvalue weighted by Crippen LogP contribution is -2.05. The average molecular weight is 356 g/mol. The molecule has 0 spiro atoms. The average Bonchev–Trinajstić information content (AvgIpc) is 3.22. The summed E-state index contributed by atoms with van der Waals surface area (Å²) in [6.07, 6.45) is 2.53. The highest BCUT2D eigenvalue weighted by molar-refractivity contribution is 6.32. The van der Waals surface area contributed by atoms with Crippen LogP contribution in [0, 0.1) is 0 Å². The minimum absolute atomic E-state index is 0.157. The zero-order valence-corrected chi connectivity index (χ0v) is 14.2. The Morgan fingerprint density at radius 1 is 1.16 bits per heavy atom. The van der Waals surface area contributed by atoms with Gasteiger partial charge in [-0.3, -0.25) is 0 Å². The molecule has 0 N–H and O–H groups in total. The zero-order chi connectivity index (χ0) is 17.4. The Kier molecular flexibility index (Phi) is 3.93. The number of esters is 1. The summed E-state index contributed by atoms with van der Waals surface area (Å²) >= 11 is 6.24. The summed E-state index contributed by atoms with van der Waals surface area (Å²) in [6, 6.07) is 11.1. The SMILES string of the molecule is CCc1ccc(C2=NC(=Cc3cc4c(cc3Cl)OCO4)C(=O)O2)cc1. The van der Waals surface area contributed by atoms with Gasteiger partial charge in [0.15, 0.2) is 17.2 Å². The van der Waals surface area contributed by atoms with Crippen LogP contribution in [-0.2, 0) is 16.0 Å². The first-order chi connectivity index (χ1) is 12.1. The van der Waals surface area contributed by atoms with E-state index in [-0.39, 0.29) is 18.4 Å². The third-order valence-corrected chi connectivity index (χ3v) is 4.34. The van der Waals surface area contributed by atoms with Gasteiger partial charge in [-0.15, -0.1) is 0 Å². The highest BCUT2D eigenvalue weighted by atomic mass is 35.5. The van der Waals surface area contributed by atoms with E-state index in [0.717, 1.165) is 12.0 Å². The van der Waals surface area contributed by atoms with Crippen molar-refractivity contribution in [3.63, 3.8) is 0 Å². The van der Waals surface area contributed by atoms with E-state index in [1.54, 1.807) is 18.2 Å². The fourth-order valence-electron chi connectivity index (χ4n) is 2.61. The lowest BCUT2D eigenvalue weighted by Gasteiger charge is -2.01. The third-order valence-electron chi connectivity index (χ3n) is 4.01. The zero-order valence-electron chi connectivity index (χ0n) is 13.4. The largest absolute Gasteiger partial charge is 0.454 e. The number of rotatable bonds is 3. The van der Waals surface area contributed by atoms with Gasteiger partial charge < -0.3 is 14.2 Å². The van der Waals surface area contributed by atoms with Gasteiger partial charge in [-0.25, -0.2) is 9.79 Å². The van der Waals surface area contributed by atoms with E-state index in [2.05, 4.69) is 11.9 Å². The highest BCUT2D eigenvalue weighted by Gasteiger charge is 2.25. The minimum atomic E-state index is -0.511. The van der Waals surface area contributed by atoms with E-state index in [9.17, 15) is 4.79 Å². The number of aryl methyl sites for hydroxylation is 1. The van der Waals surface area contributed by atoms with E-state index in [4.69, 9.17) is 25.8 Å². The second kappa shape index (κ2) is 6.26. The minimum Gasteiger partial charge on any atom is -0.454 e. The molecule has 2 heterocycles. The number of hydrogen-bond acceptors (Lipinski definition) is 5. The Morgan fingerprint density at radius 3 is 2.60 bits per heavy atom. The maximum atomic E-state index is 12.1. The van der Waals surface area contributed by atoms with Crippen molar-refractivity contribution >= 4 is 29.5 Å². The Bertz CT molecular complexity index is 916. The summed E-state index contributed by atoms with van der Waals surface area (Å²) in [5, 5.41) is 0.445. The van der Waals surface area contributed by atoms with Crippen LogP contribution < -0.4 is 9.47 Å². The van der Waals surface area contributed by atoms with Gasteiger partial charge in [0.2, 0.25) is 12.7 Å². The van der Waals surface area contributed by atoms with Crippen LogP contribution in [0.5, 0.6) is 11.5 Å². The monoisotopic (exact) mass is 355 g/mol. The summed E-state index contributed by atoms with van der Waals surface area (Å²) in [7, 11) is 0. The second-order valence-electron chi connectivity index (χ2n) is 5.61. The van der Waals surface area contributed by atoms with E-state index in [1.165, 1.54) is 5.56 Å². The number of aliphatic imine (C=N–C) groups is 1. The lowest BCUT2D eigenvalue weighted by molar-refractivity contribution is -0.129. The molecule has 2 aromatic carbocycles. The molecule has 0 fully saturated rings. The molecule has 2 aliphatic rings. The number of hydrogen-bond donors (Lipinski definition) is 0. The fourth-order valence-corrected chi connectivity index (χ4v) is 2.81. The molecule has 6 heteroatoms. The Balaban J connectivity index is 1.67. The molecule has 0 unspecified atom stereocenters. The molecule has 2 aromatic rings. The summed E-state index contributed by atoms with van der Waals surface area (Å²) in [4.78, 5) is 16.4. The van der Waals surface area contributed by atoms with Crippen LogP contribution in [0.2, 0.25) is 5.02 Å². The van der Waals surface area contributed by atoms with Crippen molar-refractivity contribution in [1.82, 2.24) is 0 Å². The molecule has 0 saturated carbocycles. The van der Waals surface area contributed by atoms with E-state index < -0.39 is 5.97 Å². The van der Waals surface area contributed by atoms with Crippen LogP contribution in [0.15, 0.2) is 47.1 Å². The highest BCUT2D eigenvalue weighted by Crippen LogP contribution is 2.38. The Hall–Kier alpha value is -2.79. The smallest absolute Gasteiger partial charge is 0.363 e. The fraction of sp³-hybridized carbons (Fsp3) is 0.158. The molecule has 0 aromatic heterocycles.